The molecule has 0 fully saturated rings. The van der Waals surface area contributed by atoms with Gasteiger partial charge in [0.15, 0.2) is 0 Å². The summed E-state index contributed by atoms with van der Waals surface area (Å²) in [6.45, 7) is 0. The van der Waals surface area contributed by atoms with E-state index in [1.807, 2.05) is 55.4 Å². The molecule has 0 saturated heterocycles. The molecule has 0 aromatic heterocycles. The highest BCUT2D eigenvalue weighted by Gasteiger charge is 2.10. The lowest BCUT2D eigenvalue weighted by atomic mass is 10.2. The Morgan fingerprint density at radius 1 is 0.714 bits per heavy atom. The topological polar surface area (TPSA) is 70.7 Å². The number of hydrazine groups is 1. The molecular formula is C22H21N3O3. The first-order chi connectivity index (χ1) is 13.5. The summed E-state index contributed by atoms with van der Waals surface area (Å²) in [5.41, 5.74) is 6.61. The fraction of sp³-hybridized carbons (Fsp3) is 0.0909. The van der Waals surface area contributed by atoms with Crippen molar-refractivity contribution < 1.29 is 14.3 Å². The standard InChI is InChI=1S/C22H21N3O3/c1-25(2)18-8-6-7-17(15-18)22(27)24-23-21(26)16-11-13-20(14-12-16)28-19-9-4-3-5-10-19/h3-15H,1-2H3,(H,23,26)(H,24,27). The zero-order valence-electron chi connectivity index (χ0n) is 15.7. The third-order valence-corrected chi connectivity index (χ3v) is 4.01. The summed E-state index contributed by atoms with van der Waals surface area (Å²) in [7, 11) is 3.79. The van der Waals surface area contributed by atoms with E-state index >= 15 is 0 Å². The number of nitrogens with zero attached hydrogens (tertiary/aromatic N) is 1. The molecule has 0 unspecified atom stereocenters. The van der Waals surface area contributed by atoms with E-state index in [4.69, 9.17) is 4.74 Å². The maximum absolute atomic E-state index is 12.3. The first kappa shape index (κ1) is 19.0. The highest BCUT2D eigenvalue weighted by atomic mass is 16.5. The van der Waals surface area contributed by atoms with Gasteiger partial charge in [0, 0.05) is 30.9 Å². The Kier molecular flexibility index (Phi) is 5.91. The van der Waals surface area contributed by atoms with Gasteiger partial charge in [-0.3, -0.25) is 20.4 Å². The molecule has 0 bridgehead atoms. The van der Waals surface area contributed by atoms with Crippen LogP contribution in [-0.4, -0.2) is 25.9 Å². The van der Waals surface area contributed by atoms with Crippen molar-refractivity contribution >= 4 is 17.5 Å². The van der Waals surface area contributed by atoms with Gasteiger partial charge in [0.25, 0.3) is 11.8 Å². The van der Waals surface area contributed by atoms with Crippen molar-refractivity contribution in [3.8, 4) is 11.5 Å². The van der Waals surface area contributed by atoms with E-state index in [9.17, 15) is 9.59 Å². The number of rotatable bonds is 5. The fourth-order valence-corrected chi connectivity index (χ4v) is 2.48. The molecule has 0 aliphatic heterocycles. The quantitative estimate of drug-likeness (QED) is 0.668. The number of ether oxygens (including phenoxy) is 1. The van der Waals surface area contributed by atoms with Crippen molar-refractivity contribution in [1.29, 1.82) is 0 Å². The van der Waals surface area contributed by atoms with Gasteiger partial charge in [-0.15, -0.1) is 0 Å². The van der Waals surface area contributed by atoms with Gasteiger partial charge in [-0.2, -0.15) is 0 Å². The zero-order chi connectivity index (χ0) is 19.9. The van der Waals surface area contributed by atoms with E-state index in [1.165, 1.54) is 0 Å². The molecule has 0 saturated carbocycles. The van der Waals surface area contributed by atoms with Crippen LogP contribution in [0.25, 0.3) is 0 Å². The molecule has 0 aliphatic carbocycles. The average Bonchev–Trinajstić information content (AvgIpc) is 2.73. The van der Waals surface area contributed by atoms with Crippen molar-refractivity contribution in [2.45, 2.75) is 0 Å². The third kappa shape index (κ3) is 4.88. The second-order valence-electron chi connectivity index (χ2n) is 6.29. The highest BCUT2D eigenvalue weighted by molar-refractivity contribution is 5.99. The molecular weight excluding hydrogens is 354 g/mol. The van der Waals surface area contributed by atoms with E-state index in [0.717, 1.165) is 5.69 Å². The van der Waals surface area contributed by atoms with Crippen molar-refractivity contribution in [2.75, 3.05) is 19.0 Å². The number of benzene rings is 3. The molecule has 3 aromatic carbocycles. The van der Waals surface area contributed by atoms with Crippen molar-refractivity contribution in [3.05, 3.63) is 90.0 Å². The van der Waals surface area contributed by atoms with Gasteiger partial charge < -0.3 is 9.64 Å². The Bertz CT molecular complexity index is 954. The van der Waals surface area contributed by atoms with Gasteiger partial charge in [0.2, 0.25) is 0 Å². The third-order valence-electron chi connectivity index (χ3n) is 4.01. The van der Waals surface area contributed by atoms with Crippen LogP contribution in [0.4, 0.5) is 5.69 Å². The smallest absolute Gasteiger partial charge is 0.269 e. The van der Waals surface area contributed by atoms with Crippen molar-refractivity contribution in [1.82, 2.24) is 10.9 Å². The summed E-state index contributed by atoms with van der Waals surface area (Å²) < 4.78 is 5.69. The summed E-state index contributed by atoms with van der Waals surface area (Å²) in [6.07, 6.45) is 0. The maximum Gasteiger partial charge on any atom is 0.269 e. The molecule has 0 radical (unpaired) electrons. The van der Waals surface area contributed by atoms with Crippen LogP contribution in [0.1, 0.15) is 20.7 Å². The normalized spacial score (nSPS) is 10.1. The molecule has 2 N–H and O–H groups in total. The summed E-state index contributed by atoms with van der Waals surface area (Å²) in [6, 6.07) is 23.1. The summed E-state index contributed by atoms with van der Waals surface area (Å²) in [5.74, 6) is 0.531. The van der Waals surface area contributed by atoms with Crippen LogP contribution in [0.5, 0.6) is 11.5 Å². The van der Waals surface area contributed by atoms with Gasteiger partial charge >= 0.3 is 0 Å². The number of hydrogen-bond acceptors (Lipinski definition) is 4. The number of amides is 2. The molecule has 0 spiro atoms. The fourth-order valence-electron chi connectivity index (χ4n) is 2.48. The van der Waals surface area contributed by atoms with Crippen molar-refractivity contribution in [2.24, 2.45) is 0 Å². The van der Waals surface area contributed by atoms with Gasteiger partial charge in [-0.05, 0) is 54.6 Å². The predicted octanol–water partition coefficient (Wildman–Crippen LogP) is 3.62. The van der Waals surface area contributed by atoms with Crippen LogP contribution in [0.3, 0.4) is 0 Å². The molecule has 3 rings (SSSR count). The monoisotopic (exact) mass is 375 g/mol. The lowest BCUT2D eigenvalue weighted by molar-refractivity contribution is 0.0846. The van der Waals surface area contributed by atoms with E-state index in [2.05, 4.69) is 10.9 Å². The van der Waals surface area contributed by atoms with Crippen molar-refractivity contribution in [3.63, 3.8) is 0 Å². The Labute approximate surface area is 163 Å². The molecule has 0 aliphatic rings. The first-order valence-electron chi connectivity index (χ1n) is 8.74. The molecule has 0 heterocycles. The molecule has 6 heteroatoms. The number of nitrogens with one attached hydrogen (secondary N) is 2. The molecule has 142 valence electrons. The summed E-state index contributed by atoms with van der Waals surface area (Å²) in [5, 5.41) is 0. The van der Waals surface area contributed by atoms with Crippen LogP contribution >= 0.6 is 0 Å². The minimum atomic E-state index is -0.414. The van der Waals surface area contributed by atoms with E-state index in [1.54, 1.807) is 42.5 Å². The Balaban J connectivity index is 1.57. The minimum Gasteiger partial charge on any atom is -0.457 e. The Morgan fingerprint density at radius 3 is 1.96 bits per heavy atom. The number of carbonyl (C=O) groups is 2. The Hall–Kier alpha value is -3.80. The van der Waals surface area contributed by atoms with E-state index < -0.39 is 5.91 Å². The molecule has 6 nitrogen and oxygen atoms in total. The number of hydrogen-bond donors (Lipinski definition) is 2. The van der Waals surface area contributed by atoms with Crippen LogP contribution in [0.15, 0.2) is 78.9 Å². The highest BCUT2D eigenvalue weighted by Crippen LogP contribution is 2.21. The predicted molar refractivity (Wildman–Crippen MR) is 109 cm³/mol. The zero-order valence-corrected chi connectivity index (χ0v) is 15.7. The van der Waals surface area contributed by atoms with E-state index in [0.29, 0.717) is 22.6 Å². The summed E-state index contributed by atoms with van der Waals surface area (Å²) in [4.78, 5) is 26.4. The largest absolute Gasteiger partial charge is 0.457 e. The molecule has 0 atom stereocenters. The molecule has 2 amide bonds. The van der Waals surface area contributed by atoms with Gasteiger partial charge in [0.1, 0.15) is 11.5 Å². The van der Waals surface area contributed by atoms with Crippen LogP contribution in [0, 0.1) is 0 Å². The summed E-state index contributed by atoms with van der Waals surface area (Å²) >= 11 is 0. The second kappa shape index (κ2) is 8.73. The average molecular weight is 375 g/mol. The lowest BCUT2D eigenvalue weighted by Crippen LogP contribution is -2.41. The Morgan fingerprint density at radius 2 is 1.32 bits per heavy atom. The van der Waals surface area contributed by atoms with Crippen LogP contribution in [-0.2, 0) is 0 Å². The molecule has 3 aromatic rings. The van der Waals surface area contributed by atoms with E-state index in [-0.39, 0.29) is 5.91 Å². The minimum absolute atomic E-state index is 0.388. The number of anilines is 1. The second-order valence-corrected chi connectivity index (χ2v) is 6.29. The maximum atomic E-state index is 12.3. The number of carbonyl (C=O) groups excluding carboxylic acids is 2. The SMILES string of the molecule is CN(C)c1cccc(C(=O)NNC(=O)c2ccc(Oc3ccccc3)cc2)c1. The molecule has 28 heavy (non-hydrogen) atoms. The number of para-hydroxylation sites is 1. The van der Waals surface area contributed by atoms with Gasteiger partial charge in [-0.1, -0.05) is 24.3 Å². The lowest BCUT2D eigenvalue weighted by Gasteiger charge is -2.13. The first-order valence-corrected chi connectivity index (χ1v) is 8.74. The van der Waals surface area contributed by atoms with Gasteiger partial charge in [-0.25, -0.2) is 0 Å². The van der Waals surface area contributed by atoms with Crippen LogP contribution < -0.4 is 20.5 Å². The van der Waals surface area contributed by atoms with Gasteiger partial charge in [0.05, 0.1) is 0 Å². The van der Waals surface area contributed by atoms with Crippen LogP contribution in [0.2, 0.25) is 0 Å².